The number of amides is 1. The molecule has 0 saturated heterocycles. The Labute approximate surface area is 157 Å². The second-order valence-electron chi connectivity index (χ2n) is 6.55. The fourth-order valence-corrected chi connectivity index (χ4v) is 4.12. The molecule has 3 aromatic carbocycles. The standard InChI is InChI=1S/C21H18N2O3S/c22-27(25,26)15-11-9-14(10-12-15)23-21(24)13-20-18-7-3-1-5-16(18)17-6-2-4-8-19(17)20/h1-12,20H,13H2,(H,23,24)(H2,22,25,26). The normalized spacial score (nSPS) is 13.1. The van der Waals surface area contributed by atoms with E-state index in [-0.39, 0.29) is 16.7 Å². The molecule has 3 N–H and O–H groups in total. The fourth-order valence-electron chi connectivity index (χ4n) is 3.61. The summed E-state index contributed by atoms with van der Waals surface area (Å²) in [5, 5.41) is 7.93. The van der Waals surface area contributed by atoms with E-state index in [4.69, 9.17) is 5.14 Å². The van der Waals surface area contributed by atoms with Crippen LogP contribution in [-0.4, -0.2) is 14.3 Å². The van der Waals surface area contributed by atoms with Gasteiger partial charge in [0, 0.05) is 18.0 Å². The van der Waals surface area contributed by atoms with E-state index < -0.39 is 10.0 Å². The lowest BCUT2D eigenvalue weighted by Crippen LogP contribution is -2.16. The molecule has 0 aromatic heterocycles. The van der Waals surface area contributed by atoms with Crippen molar-refractivity contribution in [3.63, 3.8) is 0 Å². The number of carbonyl (C=O) groups excluding carboxylic acids is 1. The number of nitrogens with two attached hydrogens (primary N) is 1. The second kappa shape index (κ2) is 6.64. The molecule has 0 spiro atoms. The van der Waals surface area contributed by atoms with Gasteiger partial charge in [-0.15, -0.1) is 0 Å². The molecule has 6 heteroatoms. The quantitative estimate of drug-likeness (QED) is 0.728. The van der Waals surface area contributed by atoms with Gasteiger partial charge < -0.3 is 5.32 Å². The number of primary sulfonamides is 1. The van der Waals surface area contributed by atoms with Crippen LogP contribution < -0.4 is 10.5 Å². The van der Waals surface area contributed by atoms with E-state index in [0.29, 0.717) is 12.1 Å². The number of sulfonamides is 1. The Balaban J connectivity index is 1.55. The second-order valence-corrected chi connectivity index (χ2v) is 8.11. The zero-order valence-corrected chi connectivity index (χ0v) is 15.2. The number of hydrogen-bond donors (Lipinski definition) is 2. The largest absolute Gasteiger partial charge is 0.326 e. The van der Waals surface area contributed by atoms with Crippen LogP contribution >= 0.6 is 0 Å². The summed E-state index contributed by atoms with van der Waals surface area (Å²) in [6, 6.07) is 22.1. The van der Waals surface area contributed by atoms with Crippen LogP contribution in [0, 0.1) is 0 Å². The first-order valence-electron chi connectivity index (χ1n) is 8.54. The molecule has 0 fully saturated rings. The minimum atomic E-state index is -3.75. The molecule has 0 heterocycles. The summed E-state index contributed by atoms with van der Waals surface area (Å²) in [7, 11) is -3.75. The average Bonchev–Trinajstić information content (AvgIpc) is 2.96. The molecule has 27 heavy (non-hydrogen) atoms. The predicted octanol–water partition coefficient (Wildman–Crippen LogP) is 3.48. The van der Waals surface area contributed by atoms with Crippen molar-refractivity contribution in [1.82, 2.24) is 0 Å². The highest BCUT2D eigenvalue weighted by Crippen LogP contribution is 2.46. The van der Waals surface area contributed by atoms with Crippen molar-refractivity contribution in [2.24, 2.45) is 5.14 Å². The third-order valence-electron chi connectivity index (χ3n) is 4.82. The minimum Gasteiger partial charge on any atom is -0.326 e. The van der Waals surface area contributed by atoms with Crippen LogP contribution in [0.5, 0.6) is 0 Å². The van der Waals surface area contributed by atoms with Gasteiger partial charge in [0.05, 0.1) is 4.90 Å². The van der Waals surface area contributed by atoms with Crippen molar-refractivity contribution in [3.8, 4) is 11.1 Å². The van der Waals surface area contributed by atoms with E-state index in [1.165, 1.54) is 35.4 Å². The van der Waals surface area contributed by atoms with Crippen molar-refractivity contribution >= 4 is 21.6 Å². The summed E-state index contributed by atoms with van der Waals surface area (Å²) in [4.78, 5) is 12.6. The topological polar surface area (TPSA) is 89.3 Å². The van der Waals surface area contributed by atoms with Gasteiger partial charge in [-0.3, -0.25) is 4.79 Å². The Bertz CT molecular complexity index is 1080. The number of carbonyl (C=O) groups is 1. The first-order chi connectivity index (χ1) is 12.9. The average molecular weight is 378 g/mol. The van der Waals surface area contributed by atoms with E-state index in [9.17, 15) is 13.2 Å². The fraction of sp³-hybridized carbons (Fsp3) is 0.0952. The van der Waals surface area contributed by atoms with E-state index in [2.05, 4.69) is 29.6 Å². The summed E-state index contributed by atoms with van der Waals surface area (Å²) >= 11 is 0. The molecule has 1 amide bonds. The van der Waals surface area contributed by atoms with Crippen LogP contribution in [-0.2, 0) is 14.8 Å². The Morgan fingerprint density at radius 1 is 0.852 bits per heavy atom. The molecule has 0 bridgehead atoms. The van der Waals surface area contributed by atoms with Crippen LogP contribution in [0.3, 0.4) is 0 Å². The number of rotatable bonds is 4. The van der Waals surface area contributed by atoms with Crippen molar-refractivity contribution in [3.05, 3.63) is 83.9 Å². The van der Waals surface area contributed by atoms with Gasteiger partial charge in [0.25, 0.3) is 0 Å². The van der Waals surface area contributed by atoms with Crippen LogP contribution in [0.2, 0.25) is 0 Å². The highest BCUT2D eigenvalue weighted by molar-refractivity contribution is 7.89. The lowest BCUT2D eigenvalue weighted by molar-refractivity contribution is -0.116. The smallest absolute Gasteiger partial charge is 0.238 e. The van der Waals surface area contributed by atoms with Gasteiger partial charge in [-0.05, 0) is 46.5 Å². The Hall–Kier alpha value is -2.96. The first kappa shape index (κ1) is 17.5. The molecule has 136 valence electrons. The Morgan fingerprint density at radius 3 is 1.89 bits per heavy atom. The molecule has 4 rings (SSSR count). The highest BCUT2D eigenvalue weighted by Gasteiger charge is 2.29. The lowest BCUT2D eigenvalue weighted by Gasteiger charge is -2.14. The number of fused-ring (bicyclic) bond motifs is 3. The van der Waals surface area contributed by atoms with Crippen molar-refractivity contribution < 1.29 is 13.2 Å². The van der Waals surface area contributed by atoms with E-state index in [0.717, 1.165) is 11.1 Å². The van der Waals surface area contributed by atoms with Gasteiger partial charge in [-0.1, -0.05) is 48.5 Å². The summed E-state index contributed by atoms with van der Waals surface area (Å²) in [6.45, 7) is 0. The van der Waals surface area contributed by atoms with E-state index >= 15 is 0 Å². The molecule has 3 aromatic rings. The molecule has 0 saturated carbocycles. The SMILES string of the molecule is NS(=O)(=O)c1ccc(NC(=O)CC2c3ccccc3-c3ccccc32)cc1. The van der Waals surface area contributed by atoms with Crippen LogP contribution in [0.15, 0.2) is 77.7 Å². The molecule has 5 nitrogen and oxygen atoms in total. The molecular formula is C21H18N2O3S. The predicted molar refractivity (Wildman–Crippen MR) is 105 cm³/mol. The third kappa shape index (κ3) is 3.37. The van der Waals surface area contributed by atoms with E-state index in [1.807, 2.05) is 24.3 Å². The number of anilines is 1. The zero-order chi connectivity index (χ0) is 19.0. The third-order valence-corrected chi connectivity index (χ3v) is 5.75. The van der Waals surface area contributed by atoms with E-state index in [1.54, 1.807) is 0 Å². The summed E-state index contributed by atoms with van der Waals surface area (Å²) in [5.41, 5.74) is 5.18. The zero-order valence-electron chi connectivity index (χ0n) is 14.4. The van der Waals surface area contributed by atoms with Crippen LogP contribution in [0.1, 0.15) is 23.5 Å². The molecule has 1 aliphatic rings. The van der Waals surface area contributed by atoms with Crippen molar-refractivity contribution in [2.75, 3.05) is 5.32 Å². The molecule has 0 unspecified atom stereocenters. The maximum Gasteiger partial charge on any atom is 0.238 e. The minimum absolute atomic E-state index is 0.00101. The summed E-state index contributed by atoms with van der Waals surface area (Å²) in [6.07, 6.45) is 0.310. The van der Waals surface area contributed by atoms with Gasteiger partial charge in [-0.25, -0.2) is 13.6 Å². The van der Waals surface area contributed by atoms with Gasteiger partial charge in [-0.2, -0.15) is 0 Å². The van der Waals surface area contributed by atoms with Gasteiger partial charge in [0.2, 0.25) is 15.9 Å². The summed E-state index contributed by atoms with van der Waals surface area (Å²) in [5.74, 6) is -0.129. The molecule has 0 radical (unpaired) electrons. The van der Waals surface area contributed by atoms with Gasteiger partial charge in [0.15, 0.2) is 0 Å². The number of hydrogen-bond acceptors (Lipinski definition) is 3. The number of nitrogens with one attached hydrogen (secondary N) is 1. The van der Waals surface area contributed by atoms with Gasteiger partial charge >= 0.3 is 0 Å². The molecule has 1 aliphatic carbocycles. The number of benzene rings is 3. The first-order valence-corrected chi connectivity index (χ1v) is 10.1. The van der Waals surface area contributed by atoms with Crippen LogP contribution in [0.25, 0.3) is 11.1 Å². The molecule has 0 aliphatic heterocycles. The Morgan fingerprint density at radius 2 is 1.37 bits per heavy atom. The maximum atomic E-state index is 12.6. The van der Waals surface area contributed by atoms with Crippen molar-refractivity contribution in [1.29, 1.82) is 0 Å². The van der Waals surface area contributed by atoms with Gasteiger partial charge in [0.1, 0.15) is 0 Å². The summed E-state index contributed by atoms with van der Waals surface area (Å²) < 4.78 is 22.6. The molecular weight excluding hydrogens is 360 g/mol. The van der Waals surface area contributed by atoms with Crippen molar-refractivity contribution in [2.45, 2.75) is 17.2 Å². The van der Waals surface area contributed by atoms with Crippen LogP contribution in [0.4, 0.5) is 5.69 Å². The Kier molecular flexibility index (Phi) is 4.30. The highest BCUT2D eigenvalue weighted by atomic mass is 32.2. The maximum absolute atomic E-state index is 12.6. The lowest BCUT2D eigenvalue weighted by atomic mass is 9.93. The molecule has 0 atom stereocenters. The monoisotopic (exact) mass is 378 g/mol.